The Hall–Kier alpha value is -2.16. The molecule has 2 aromatic carbocycles. The second kappa shape index (κ2) is 4.50. The summed E-state index contributed by atoms with van der Waals surface area (Å²) in [7, 11) is 1.55. The standard InChI is InChI=1S/C16H16O3/c1-10-3-6-14-12(7-10)9-15(19-14)11-4-5-13(17)16(8-11)18-2/h3-8,15,17H,9H2,1-2H3/t15-/m1/s1. The molecule has 19 heavy (non-hydrogen) atoms. The summed E-state index contributed by atoms with van der Waals surface area (Å²) in [5.74, 6) is 1.58. The summed E-state index contributed by atoms with van der Waals surface area (Å²) in [6.07, 6.45) is 0.844. The first-order valence-corrected chi connectivity index (χ1v) is 6.30. The van der Waals surface area contributed by atoms with Crippen molar-refractivity contribution in [1.29, 1.82) is 0 Å². The number of benzene rings is 2. The number of aromatic hydroxyl groups is 1. The number of ether oxygens (including phenoxy) is 2. The van der Waals surface area contributed by atoms with Crippen LogP contribution >= 0.6 is 0 Å². The van der Waals surface area contributed by atoms with Crippen LogP contribution in [0.5, 0.6) is 17.2 Å². The molecule has 0 aromatic heterocycles. The maximum Gasteiger partial charge on any atom is 0.160 e. The molecule has 1 N–H and O–H groups in total. The quantitative estimate of drug-likeness (QED) is 0.895. The third-order valence-electron chi connectivity index (χ3n) is 3.47. The summed E-state index contributed by atoms with van der Waals surface area (Å²) in [5, 5.41) is 9.62. The Morgan fingerprint density at radius 3 is 2.84 bits per heavy atom. The molecule has 3 nitrogen and oxygen atoms in total. The lowest BCUT2D eigenvalue weighted by Gasteiger charge is -2.13. The fourth-order valence-electron chi connectivity index (χ4n) is 2.46. The van der Waals surface area contributed by atoms with E-state index in [1.165, 1.54) is 11.1 Å². The zero-order valence-electron chi connectivity index (χ0n) is 11.0. The minimum atomic E-state index is -0.00806. The van der Waals surface area contributed by atoms with Gasteiger partial charge in [0.1, 0.15) is 11.9 Å². The molecule has 98 valence electrons. The Morgan fingerprint density at radius 1 is 1.21 bits per heavy atom. The lowest BCUT2D eigenvalue weighted by Crippen LogP contribution is -2.03. The summed E-state index contributed by atoms with van der Waals surface area (Å²) in [6, 6.07) is 11.6. The Bertz CT molecular complexity index is 619. The maximum absolute atomic E-state index is 9.62. The highest BCUT2D eigenvalue weighted by molar-refractivity contribution is 5.46. The molecule has 0 saturated heterocycles. The van der Waals surface area contributed by atoms with Gasteiger partial charge in [0.25, 0.3) is 0 Å². The first-order chi connectivity index (χ1) is 9.17. The predicted octanol–water partition coefficient (Wildman–Crippen LogP) is 3.39. The molecule has 3 heteroatoms. The minimum absolute atomic E-state index is 0.00806. The van der Waals surface area contributed by atoms with Crippen LogP contribution in [0, 0.1) is 6.92 Å². The molecule has 0 saturated carbocycles. The Kier molecular flexibility index (Phi) is 2.82. The lowest BCUT2D eigenvalue weighted by atomic mass is 10.0. The number of methoxy groups -OCH3 is 1. The maximum atomic E-state index is 9.62. The summed E-state index contributed by atoms with van der Waals surface area (Å²) in [6.45, 7) is 2.08. The molecule has 1 aliphatic rings. The Morgan fingerprint density at radius 2 is 2.05 bits per heavy atom. The zero-order chi connectivity index (χ0) is 13.4. The largest absolute Gasteiger partial charge is 0.504 e. The second-order valence-electron chi connectivity index (χ2n) is 4.85. The van der Waals surface area contributed by atoms with Crippen LogP contribution in [0.2, 0.25) is 0 Å². The zero-order valence-corrected chi connectivity index (χ0v) is 11.0. The first-order valence-electron chi connectivity index (χ1n) is 6.30. The lowest BCUT2D eigenvalue weighted by molar-refractivity contribution is 0.237. The molecular formula is C16H16O3. The molecule has 0 fully saturated rings. The number of aryl methyl sites for hydroxylation is 1. The molecule has 3 rings (SSSR count). The third kappa shape index (κ3) is 2.12. The van der Waals surface area contributed by atoms with Crippen LogP contribution in [-0.4, -0.2) is 12.2 Å². The van der Waals surface area contributed by atoms with Gasteiger partial charge in [-0.05, 0) is 36.2 Å². The van der Waals surface area contributed by atoms with E-state index < -0.39 is 0 Å². The van der Waals surface area contributed by atoms with Crippen LogP contribution in [-0.2, 0) is 6.42 Å². The van der Waals surface area contributed by atoms with Crippen LogP contribution in [0.3, 0.4) is 0 Å². The second-order valence-corrected chi connectivity index (χ2v) is 4.85. The molecule has 0 amide bonds. The number of phenols is 1. The minimum Gasteiger partial charge on any atom is -0.504 e. The molecule has 0 unspecified atom stereocenters. The summed E-state index contributed by atoms with van der Waals surface area (Å²) >= 11 is 0. The van der Waals surface area contributed by atoms with E-state index >= 15 is 0 Å². The van der Waals surface area contributed by atoms with E-state index in [9.17, 15) is 5.11 Å². The third-order valence-corrected chi connectivity index (χ3v) is 3.47. The van der Waals surface area contributed by atoms with Gasteiger partial charge in [-0.3, -0.25) is 0 Å². The molecular weight excluding hydrogens is 240 g/mol. The Balaban J connectivity index is 1.90. The highest BCUT2D eigenvalue weighted by Gasteiger charge is 2.25. The monoisotopic (exact) mass is 256 g/mol. The van der Waals surface area contributed by atoms with E-state index in [2.05, 4.69) is 19.1 Å². The normalized spacial score (nSPS) is 16.8. The smallest absolute Gasteiger partial charge is 0.160 e. The molecule has 2 aromatic rings. The van der Waals surface area contributed by atoms with Gasteiger partial charge in [-0.1, -0.05) is 23.8 Å². The van der Waals surface area contributed by atoms with Crippen molar-refractivity contribution in [3.8, 4) is 17.2 Å². The van der Waals surface area contributed by atoms with E-state index in [0.717, 1.165) is 17.7 Å². The number of rotatable bonds is 2. The van der Waals surface area contributed by atoms with Gasteiger partial charge in [0.2, 0.25) is 0 Å². The SMILES string of the molecule is COc1cc([C@H]2Cc3cc(C)ccc3O2)ccc1O. The van der Waals surface area contributed by atoms with Crippen LogP contribution in [0.25, 0.3) is 0 Å². The number of hydrogen-bond acceptors (Lipinski definition) is 3. The highest BCUT2D eigenvalue weighted by atomic mass is 16.5. The molecule has 0 spiro atoms. The summed E-state index contributed by atoms with van der Waals surface area (Å²) in [5.41, 5.74) is 3.49. The van der Waals surface area contributed by atoms with Crippen molar-refractivity contribution < 1.29 is 14.6 Å². The topological polar surface area (TPSA) is 38.7 Å². The van der Waals surface area contributed by atoms with E-state index in [1.807, 2.05) is 18.2 Å². The van der Waals surface area contributed by atoms with Crippen LogP contribution in [0.15, 0.2) is 36.4 Å². The van der Waals surface area contributed by atoms with Gasteiger partial charge >= 0.3 is 0 Å². The van der Waals surface area contributed by atoms with Crippen molar-refractivity contribution in [3.05, 3.63) is 53.1 Å². The van der Waals surface area contributed by atoms with E-state index in [-0.39, 0.29) is 11.9 Å². The van der Waals surface area contributed by atoms with Gasteiger partial charge in [-0.25, -0.2) is 0 Å². The van der Waals surface area contributed by atoms with E-state index in [4.69, 9.17) is 9.47 Å². The van der Waals surface area contributed by atoms with Gasteiger partial charge in [0.05, 0.1) is 7.11 Å². The summed E-state index contributed by atoms with van der Waals surface area (Å²) < 4.78 is 11.1. The Labute approximate surface area is 112 Å². The van der Waals surface area contributed by atoms with Crippen molar-refractivity contribution in [2.75, 3.05) is 7.11 Å². The van der Waals surface area contributed by atoms with E-state index in [1.54, 1.807) is 13.2 Å². The number of phenolic OH excluding ortho intramolecular Hbond substituents is 1. The fraction of sp³-hybridized carbons (Fsp3) is 0.250. The van der Waals surface area contributed by atoms with Gasteiger partial charge < -0.3 is 14.6 Å². The van der Waals surface area contributed by atoms with Gasteiger partial charge in [-0.2, -0.15) is 0 Å². The molecule has 1 aliphatic heterocycles. The average molecular weight is 256 g/mol. The fourth-order valence-corrected chi connectivity index (χ4v) is 2.46. The first kappa shape index (κ1) is 11.9. The summed E-state index contributed by atoms with van der Waals surface area (Å²) in [4.78, 5) is 0. The molecule has 1 atom stereocenters. The van der Waals surface area contributed by atoms with Crippen molar-refractivity contribution in [2.24, 2.45) is 0 Å². The van der Waals surface area contributed by atoms with E-state index in [0.29, 0.717) is 5.75 Å². The predicted molar refractivity (Wildman–Crippen MR) is 72.9 cm³/mol. The van der Waals surface area contributed by atoms with Gasteiger partial charge in [0, 0.05) is 6.42 Å². The van der Waals surface area contributed by atoms with Crippen LogP contribution < -0.4 is 9.47 Å². The molecule has 1 heterocycles. The van der Waals surface area contributed by atoms with Gasteiger partial charge in [-0.15, -0.1) is 0 Å². The average Bonchev–Trinajstić information content (AvgIpc) is 2.82. The molecule has 0 aliphatic carbocycles. The molecule has 0 radical (unpaired) electrons. The van der Waals surface area contributed by atoms with Crippen LogP contribution in [0.4, 0.5) is 0 Å². The van der Waals surface area contributed by atoms with Crippen molar-refractivity contribution in [3.63, 3.8) is 0 Å². The van der Waals surface area contributed by atoms with Crippen LogP contribution in [0.1, 0.15) is 22.8 Å². The van der Waals surface area contributed by atoms with Crippen molar-refractivity contribution in [2.45, 2.75) is 19.4 Å². The van der Waals surface area contributed by atoms with Crippen molar-refractivity contribution in [1.82, 2.24) is 0 Å². The van der Waals surface area contributed by atoms with Gasteiger partial charge in [0.15, 0.2) is 11.5 Å². The number of fused-ring (bicyclic) bond motifs is 1. The van der Waals surface area contributed by atoms with Crippen molar-refractivity contribution >= 4 is 0 Å². The molecule has 0 bridgehead atoms. The number of hydrogen-bond donors (Lipinski definition) is 1. The highest BCUT2D eigenvalue weighted by Crippen LogP contribution is 2.39.